The van der Waals surface area contributed by atoms with E-state index < -0.39 is 0 Å². The number of carbonyl (C=O) groups is 1. The summed E-state index contributed by atoms with van der Waals surface area (Å²) in [4.78, 5) is 15.5. The quantitative estimate of drug-likeness (QED) is 0.836. The molecule has 1 heterocycles. The van der Waals surface area contributed by atoms with Crippen molar-refractivity contribution in [2.75, 3.05) is 7.11 Å². The van der Waals surface area contributed by atoms with Gasteiger partial charge in [0.15, 0.2) is 0 Å². The first-order chi connectivity index (χ1) is 8.74. The zero-order chi connectivity index (χ0) is 13.0. The molecule has 0 saturated heterocycles. The number of methoxy groups -OCH3 is 1. The highest BCUT2D eigenvalue weighted by molar-refractivity contribution is 5.89. The molecule has 0 atom stereocenters. The molecule has 0 saturated carbocycles. The molecule has 0 fully saturated rings. The van der Waals surface area contributed by atoms with Gasteiger partial charge in [-0.15, -0.1) is 0 Å². The molecule has 0 spiro atoms. The maximum absolute atomic E-state index is 11.3. The van der Waals surface area contributed by atoms with Crippen molar-refractivity contribution in [3.05, 3.63) is 53.9 Å². The number of hydrogen-bond acceptors (Lipinski definition) is 4. The lowest BCUT2D eigenvalue weighted by Gasteiger charge is -2.04. The van der Waals surface area contributed by atoms with Crippen molar-refractivity contribution in [3.63, 3.8) is 0 Å². The summed E-state index contributed by atoms with van der Waals surface area (Å²) >= 11 is 0. The van der Waals surface area contributed by atoms with Crippen LogP contribution in [0.4, 0.5) is 0 Å². The van der Waals surface area contributed by atoms with Crippen molar-refractivity contribution in [3.8, 4) is 11.1 Å². The summed E-state index contributed by atoms with van der Waals surface area (Å²) in [6, 6.07) is 11.1. The molecule has 0 bridgehead atoms. The molecule has 92 valence electrons. The van der Waals surface area contributed by atoms with Gasteiger partial charge in [-0.3, -0.25) is 4.98 Å². The van der Waals surface area contributed by atoms with E-state index in [-0.39, 0.29) is 5.97 Å². The molecule has 1 aromatic heterocycles. The van der Waals surface area contributed by atoms with Crippen LogP contribution >= 0.6 is 0 Å². The Morgan fingerprint density at radius 1 is 1.22 bits per heavy atom. The summed E-state index contributed by atoms with van der Waals surface area (Å²) in [6.07, 6.45) is 1.73. The largest absolute Gasteiger partial charge is 0.465 e. The topological polar surface area (TPSA) is 65.2 Å². The van der Waals surface area contributed by atoms with Crippen LogP contribution in [-0.2, 0) is 11.3 Å². The SMILES string of the molecule is COC(=O)c1ccc(-c2ccnc(CN)c2)cc1. The average molecular weight is 242 g/mol. The lowest BCUT2D eigenvalue weighted by Crippen LogP contribution is -2.01. The standard InChI is InChI=1S/C14H14N2O2/c1-18-14(17)11-4-2-10(3-5-11)12-6-7-16-13(8-12)9-15/h2-8H,9,15H2,1H3. The molecule has 2 aromatic rings. The number of carbonyl (C=O) groups excluding carboxylic acids is 1. The highest BCUT2D eigenvalue weighted by atomic mass is 16.5. The molecule has 18 heavy (non-hydrogen) atoms. The Morgan fingerprint density at radius 3 is 2.56 bits per heavy atom. The molecule has 0 radical (unpaired) electrons. The first-order valence-corrected chi connectivity index (χ1v) is 5.58. The minimum atomic E-state index is -0.334. The monoisotopic (exact) mass is 242 g/mol. The van der Waals surface area contributed by atoms with Gasteiger partial charge in [0.1, 0.15) is 0 Å². The Morgan fingerprint density at radius 2 is 1.94 bits per heavy atom. The first-order valence-electron chi connectivity index (χ1n) is 5.58. The Bertz CT molecular complexity index is 550. The summed E-state index contributed by atoms with van der Waals surface area (Å²) < 4.78 is 4.65. The molecule has 0 aliphatic heterocycles. The molecule has 2 N–H and O–H groups in total. The third-order valence-corrected chi connectivity index (χ3v) is 2.67. The second kappa shape index (κ2) is 5.42. The van der Waals surface area contributed by atoms with Gasteiger partial charge in [0.05, 0.1) is 18.4 Å². The van der Waals surface area contributed by atoms with Crippen LogP contribution in [0.3, 0.4) is 0 Å². The van der Waals surface area contributed by atoms with Gasteiger partial charge in [-0.1, -0.05) is 12.1 Å². The predicted octanol–water partition coefficient (Wildman–Crippen LogP) is 1.99. The maximum Gasteiger partial charge on any atom is 0.337 e. The smallest absolute Gasteiger partial charge is 0.337 e. The highest BCUT2D eigenvalue weighted by Crippen LogP contribution is 2.20. The van der Waals surface area contributed by atoms with E-state index in [1.54, 1.807) is 18.3 Å². The fourth-order valence-corrected chi connectivity index (χ4v) is 1.69. The van der Waals surface area contributed by atoms with Crippen molar-refractivity contribution >= 4 is 5.97 Å². The Hall–Kier alpha value is -2.20. The Labute approximate surface area is 105 Å². The van der Waals surface area contributed by atoms with E-state index in [4.69, 9.17) is 5.73 Å². The maximum atomic E-state index is 11.3. The number of nitrogens with zero attached hydrogens (tertiary/aromatic N) is 1. The van der Waals surface area contributed by atoms with Crippen LogP contribution < -0.4 is 5.73 Å². The number of pyridine rings is 1. The Kier molecular flexibility index (Phi) is 3.69. The van der Waals surface area contributed by atoms with Crippen LogP contribution in [0.15, 0.2) is 42.6 Å². The highest BCUT2D eigenvalue weighted by Gasteiger charge is 2.05. The van der Waals surface area contributed by atoms with E-state index in [9.17, 15) is 4.79 Å². The lowest BCUT2D eigenvalue weighted by atomic mass is 10.0. The lowest BCUT2D eigenvalue weighted by molar-refractivity contribution is 0.0601. The van der Waals surface area contributed by atoms with Gasteiger partial charge < -0.3 is 10.5 Å². The van der Waals surface area contributed by atoms with Gasteiger partial charge in [0.25, 0.3) is 0 Å². The van der Waals surface area contributed by atoms with Gasteiger partial charge in [0.2, 0.25) is 0 Å². The van der Waals surface area contributed by atoms with E-state index in [0.29, 0.717) is 12.1 Å². The van der Waals surface area contributed by atoms with E-state index in [2.05, 4.69) is 9.72 Å². The molecular formula is C14H14N2O2. The zero-order valence-corrected chi connectivity index (χ0v) is 10.1. The Balaban J connectivity index is 2.31. The number of ether oxygens (including phenoxy) is 1. The zero-order valence-electron chi connectivity index (χ0n) is 10.1. The second-order valence-electron chi connectivity index (χ2n) is 3.81. The van der Waals surface area contributed by atoms with E-state index in [0.717, 1.165) is 16.8 Å². The van der Waals surface area contributed by atoms with E-state index in [1.807, 2.05) is 24.3 Å². The predicted molar refractivity (Wildman–Crippen MR) is 68.9 cm³/mol. The number of nitrogens with two attached hydrogens (primary N) is 1. The van der Waals surface area contributed by atoms with Gasteiger partial charge in [-0.2, -0.15) is 0 Å². The first kappa shape index (κ1) is 12.3. The van der Waals surface area contributed by atoms with Crippen LogP contribution in [0.2, 0.25) is 0 Å². The summed E-state index contributed by atoms with van der Waals surface area (Å²) in [7, 11) is 1.37. The number of aromatic nitrogens is 1. The molecular weight excluding hydrogens is 228 g/mol. The van der Waals surface area contributed by atoms with E-state index in [1.165, 1.54) is 7.11 Å². The van der Waals surface area contributed by atoms with Crippen LogP contribution in [0.5, 0.6) is 0 Å². The molecule has 0 unspecified atom stereocenters. The third kappa shape index (κ3) is 2.55. The van der Waals surface area contributed by atoms with Gasteiger partial charge >= 0.3 is 5.97 Å². The van der Waals surface area contributed by atoms with Crippen molar-refractivity contribution in [2.45, 2.75) is 6.54 Å². The molecule has 0 aliphatic rings. The molecule has 1 aromatic carbocycles. The number of hydrogen-bond donors (Lipinski definition) is 1. The summed E-state index contributed by atoms with van der Waals surface area (Å²) in [5.74, 6) is -0.334. The molecule has 0 amide bonds. The van der Waals surface area contributed by atoms with Crippen molar-refractivity contribution in [2.24, 2.45) is 5.73 Å². The van der Waals surface area contributed by atoms with Gasteiger partial charge in [0, 0.05) is 12.7 Å². The van der Waals surface area contributed by atoms with Crippen molar-refractivity contribution in [1.29, 1.82) is 0 Å². The summed E-state index contributed by atoms with van der Waals surface area (Å²) in [6.45, 7) is 0.411. The minimum Gasteiger partial charge on any atom is -0.465 e. The fourth-order valence-electron chi connectivity index (χ4n) is 1.69. The molecule has 4 nitrogen and oxygen atoms in total. The molecule has 2 rings (SSSR count). The average Bonchev–Trinajstić information content (AvgIpc) is 2.46. The fraction of sp³-hybridized carbons (Fsp3) is 0.143. The summed E-state index contributed by atoms with van der Waals surface area (Å²) in [5.41, 5.74) is 8.97. The molecule has 4 heteroatoms. The van der Waals surface area contributed by atoms with Crippen molar-refractivity contribution < 1.29 is 9.53 Å². The van der Waals surface area contributed by atoms with Crippen molar-refractivity contribution in [1.82, 2.24) is 4.98 Å². The van der Waals surface area contributed by atoms with Gasteiger partial charge in [-0.25, -0.2) is 4.79 Å². The van der Waals surface area contributed by atoms with Crippen LogP contribution in [0, 0.1) is 0 Å². The number of benzene rings is 1. The second-order valence-corrected chi connectivity index (χ2v) is 3.81. The van der Waals surface area contributed by atoms with Crippen LogP contribution in [0.25, 0.3) is 11.1 Å². The van der Waals surface area contributed by atoms with Crippen LogP contribution in [0.1, 0.15) is 16.1 Å². The number of rotatable bonds is 3. The third-order valence-electron chi connectivity index (χ3n) is 2.67. The number of esters is 1. The summed E-state index contributed by atoms with van der Waals surface area (Å²) in [5, 5.41) is 0. The van der Waals surface area contributed by atoms with Crippen LogP contribution in [-0.4, -0.2) is 18.1 Å². The van der Waals surface area contributed by atoms with E-state index >= 15 is 0 Å². The van der Waals surface area contributed by atoms with Gasteiger partial charge in [-0.05, 0) is 35.4 Å². The normalized spacial score (nSPS) is 10.1. The molecule has 0 aliphatic carbocycles. The minimum absolute atomic E-state index is 0.334.